The molecule has 2 heterocycles. The number of carbonyl (C=O) groups is 1. The van der Waals surface area contributed by atoms with Gasteiger partial charge in [-0.05, 0) is 31.0 Å². The average Bonchev–Trinajstić information content (AvgIpc) is 3.31. The van der Waals surface area contributed by atoms with Crippen molar-refractivity contribution in [2.75, 3.05) is 31.1 Å². The van der Waals surface area contributed by atoms with Gasteiger partial charge in [-0.1, -0.05) is 17.7 Å². The quantitative estimate of drug-likeness (QED) is 0.868. The zero-order valence-corrected chi connectivity index (χ0v) is 13.6. The molecule has 23 heavy (non-hydrogen) atoms. The molecule has 0 radical (unpaired) electrons. The maximum absolute atomic E-state index is 12.2. The van der Waals surface area contributed by atoms with Crippen LogP contribution in [0.5, 0.6) is 0 Å². The topological polar surface area (TPSA) is 41.4 Å². The third kappa shape index (κ3) is 2.93. The van der Waals surface area contributed by atoms with Crippen molar-refractivity contribution in [2.24, 2.45) is 5.92 Å². The number of imidazole rings is 1. The molecule has 0 N–H and O–H groups in total. The van der Waals surface area contributed by atoms with E-state index in [1.165, 1.54) is 0 Å². The molecule has 1 aliphatic heterocycles. The summed E-state index contributed by atoms with van der Waals surface area (Å²) >= 11 is 6.10. The highest BCUT2D eigenvalue weighted by molar-refractivity contribution is 6.30. The molecule has 5 nitrogen and oxygen atoms in total. The predicted molar refractivity (Wildman–Crippen MR) is 90.1 cm³/mol. The fourth-order valence-electron chi connectivity index (χ4n) is 3.07. The van der Waals surface area contributed by atoms with Crippen LogP contribution in [0.1, 0.15) is 12.8 Å². The second kappa shape index (κ2) is 5.89. The number of nitrogens with zero attached hydrogens (tertiary/aromatic N) is 4. The van der Waals surface area contributed by atoms with Crippen molar-refractivity contribution in [3.05, 3.63) is 41.7 Å². The number of benzene rings is 1. The molecule has 2 aromatic rings. The standard InChI is InChI=1S/C17H19ClN4O/c18-14-2-1-3-15(12-14)22-7-6-19-17(22)21-10-8-20(9-11-21)16(23)13-4-5-13/h1-3,6-7,12-13H,4-5,8-11H2. The second-order valence-corrected chi connectivity index (χ2v) is 6.60. The van der Waals surface area contributed by atoms with Gasteiger partial charge in [-0.3, -0.25) is 9.36 Å². The van der Waals surface area contributed by atoms with Crippen molar-refractivity contribution in [2.45, 2.75) is 12.8 Å². The lowest BCUT2D eigenvalue weighted by atomic mass is 10.2. The van der Waals surface area contributed by atoms with Crippen molar-refractivity contribution >= 4 is 23.5 Å². The smallest absolute Gasteiger partial charge is 0.225 e. The van der Waals surface area contributed by atoms with Crippen molar-refractivity contribution in [1.82, 2.24) is 14.5 Å². The van der Waals surface area contributed by atoms with Gasteiger partial charge >= 0.3 is 0 Å². The van der Waals surface area contributed by atoms with Crippen LogP contribution < -0.4 is 4.90 Å². The third-order valence-electron chi connectivity index (χ3n) is 4.51. The minimum atomic E-state index is 0.301. The third-order valence-corrected chi connectivity index (χ3v) is 4.74. The summed E-state index contributed by atoms with van der Waals surface area (Å²) in [4.78, 5) is 20.9. The predicted octanol–water partition coefficient (Wildman–Crippen LogP) is 2.58. The van der Waals surface area contributed by atoms with Crippen LogP contribution in [0.15, 0.2) is 36.7 Å². The lowest BCUT2D eigenvalue weighted by Gasteiger charge is -2.35. The molecular formula is C17H19ClN4O. The maximum atomic E-state index is 12.2. The summed E-state index contributed by atoms with van der Waals surface area (Å²) in [6.45, 7) is 3.18. The molecule has 120 valence electrons. The molecule has 1 amide bonds. The van der Waals surface area contributed by atoms with Crippen LogP contribution in [0.3, 0.4) is 0 Å². The molecule has 4 rings (SSSR count). The number of amides is 1. The molecule has 1 aliphatic carbocycles. The Labute approximate surface area is 140 Å². The monoisotopic (exact) mass is 330 g/mol. The lowest BCUT2D eigenvalue weighted by molar-refractivity contribution is -0.132. The fraction of sp³-hybridized carbons (Fsp3) is 0.412. The van der Waals surface area contributed by atoms with E-state index in [9.17, 15) is 4.79 Å². The summed E-state index contributed by atoms with van der Waals surface area (Å²) < 4.78 is 2.05. The second-order valence-electron chi connectivity index (χ2n) is 6.16. The van der Waals surface area contributed by atoms with Gasteiger partial charge in [-0.25, -0.2) is 4.98 Å². The van der Waals surface area contributed by atoms with E-state index in [4.69, 9.17) is 11.6 Å². The zero-order chi connectivity index (χ0) is 15.8. The van der Waals surface area contributed by atoms with Crippen LogP contribution in [0, 0.1) is 5.92 Å². The Hall–Kier alpha value is -2.01. The van der Waals surface area contributed by atoms with Crippen LogP contribution in [-0.4, -0.2) is 46.5 Å². The normalized spacial score (nSPS) is 18.3. The number of anilines is 1. The van der Waals surface area contributed by atoms with Gasteiger partial charge < -0.3 is 9.80 Å². The van der Waals surface area contributed by atoms with Gasteiger partial charge in [0, 0.05) is 55.2 Å². The number of rotatable bonds is 3. The van der Waals surface area contributed by atoms with E-state index in [0.717, 1.165) is 50.7 Å². The molecular weight excluding hydrogens is 312 g/mol. The van der Waals surface area contributed by atoms with Gasteiger partial charge in [0.15, 0.2) is 0 Å². The molecule has 0 unspecified atom stereocenters. The Balaban J connectivity index is 1.49. The summed E-state index contributed by atoms with van der Waals surface area (Å²) in [5, 5.41) is 0.710. The van der Waals surface area contributed by atoms with Crippen LogP contribution >= 0.6 is 11.6 Å². The van der Waals surface area contributed by atoms with Crippen molar-refractivity contribution < 1.29 is 4.79 Å². The van der Waals surface area contributed by atoms with Crippen LogP contribution in [0.25, 0.3) is 5.69 Å². The minimum absolute atomic E-state index is 0.301. The summed E-state index contributed by atoms with van der Waals surface area (Å²) in [5.41, 5.74) is 1.00. The number of piperazine rings is 1. The largest absolute Gasteiger partial charge is 0.339 e. The number of hydrogen-bond acceptors (Lipinski definition) is 3. The summed E-state index contributed by atoms with van der Waals surface area (Å²) in [5.74, 6) is 1.55. The SMILES string of the molecule is O=C(C1CC1)N1CCN(c2nccn2-c2cccc(Cl)c2)CC1. The van der Waals surface area contributed by atoms with Crippen LogP contribution in [0.4, 0.5) is 5.95 Å². The Morgan fingerprint density at radius 2 is 1.96 bits per heavy atom. The summed E-state index contributed by atoms with van der Waals surface area (Å²) in [6, 6.07) is 7.75. The van der Waals surface area contributed by atoms with E-state index in [1.54, 1.807) is 6.20 Å². The highest BCUT2D eigenvalue weighted by Crippen LogP contribution is 2.31. The number of halogens is 1. The first-order chi connectivity index (χ1) is 11.2. The fourth-order valence-corrected chi connectivity index (χ4v) is 3.26. The number of aromatic nitrogens is 2. The Kier molecular flexibility index (Phi) is 3.73. The molecule has 6 heteroatoms. The highest BCUT2D eigenvalue weighted by atomic mass is 35.5. The van der Waals surface area contributed by atoms with E-state index in [0.29, 0.717) is 16.8 Å². The number of carbonyl (C=O) groups excluding carboxylic acids is 1. The van der Waals surface area contributed by atoms with Gasteiger partial charge in [0.05, 0.1) is 0 Å². The Bertz CT molecular complexity index is 717. The van der Waals surface area contributed by atoms with Crippen molar-refractivity contribution in [3.63, 3.8) is 0 Å². The lowest BCUT2D eigenvalue weighted by Crippen LogP contribution is -2.49. The van der Waals surface area contributed by atoms with Crippen LogP contribution in [0.2, 0.25) is 5.02 Å². The van der Waals surface area contributed by atoms with Gasteiger partial charge in [0.1, 0.15) is 0 Å². The molecule has 1 aromatic carbocycles. The van der Waals surface area contributed by atoms with Crippen molar-refractivity contribution in [1.29, 1.82) is 0 Å². The average molecular weight is 331 g/mol. The molecule has 1 aromatic heterocycles. The first-order valence-electron chi connectivity index (χ1n) is 8.05. The number of hydrogen-bond donors (Lipinski definition) is 0. The van der Waals surface area contributed by atoms with Gasteiger partial charge in [-0.15, -0.1) is 0 Å². The first-order valence-corrected chi connectivity index (χ1v) is 8.43. The summed E-state index contributed by atoms with van der Waals surface area (Å²) in [6.07, 6.45) is 5.89. The molecule has 0 spiro atoms. The van der Waals surface area contributed by atoms with E-state index in [1.807, 2.05) is 39.9 Å². The van der Waals surface area contributed by atoms with Crippen LogP contribution in [-0.2, 0) is 4.79 Å². The molecule has 2 fully saturated rings. The molecule has 2 aliphatic rings. The Morgan fingerprint density at radius 3 is 2.65 bits per heavy atom. The maximum Gasteiger partial charge on any atom is 0.225 e. The summed E-state index contributed by atoms with van der Waals surface area (Å²) in [7, 11) is 0. The van der Waals surface area contributed by atoms with E-state index < -0.39 is 0 Å². The molecule has 0 atom stereocenters. The van der Waals surface area contributed by atoms with Gasteiger partial charge in [0.25, 0.3) is 0 Å². The van der Waals surface area contributed by atoms with E-state index in [-0.39, 0.29) is 0 Å². The molecule has 0 bridgehead atoms. The van der Waals surface area contributed by atoms with E-state index in [2.05, 4.69) is 9.88 Å². The Morgan fingerprint density at radius 1 is 1.17 bits per heavy atom. The highest BCUT2D eigenvalue weighted by Gasteiger charge is 2.35. The van der Waals surface area contributed by atoms with Crippen molar-refractivity contribution in [3.8, 4) is 5.69 Å². The zero-order valence-electron chi connectivity index (χ0n) is 12.9. The minimum Gasteiger partial charge on any atom is -0.339 e. The first kappa shape index (κ1) is 14.6. The molecule has 1 saturated carbocycles. The molecule has 1 saturated heterocycles. The van der Waals surface area contributed by atoms with Gasteiger partial charge in [-0.2, -0.15) is 0 Å². The van der Waals surface area contributed by atoms with E-state index >= 15 is 0 Å². The van der Waals surface area contributed by atoms with Gasteiger partial charge in [0.2, 0.25) is 11.9 Å².